The normalized spacial score (nSPS) is 18.2. The molecule has 0 unspecified atom stereocenters. The second-order valence-electron chi connectivity index (χ2n) is 6.40. The number of aryl methyl sites for hydroxylation is 1. The summed E-state index contributed by atoms with van der Waals surface area (Å²) in [7, 11) is 2.21. The Morgan fingerprint density at radius 3 is 2.55 bits per heavy atom. The lowest BCUT2D eigenvalue weighted by Crippen LogP contribution is -2.31. The molecule has 108 valence electrons. The van der Waals surface area contributed by atoms with Crippen LogP contribution in [0.4, 0.5) is 0 Å². The van der Waals surface area contributed by atoms with E-state index in [4.69, 9.17) is 0 Å². The predicted molar refractivity (Wildman–Crippen MR) is 82.1 cm³/mol. The summed E-state index contributed by atoms with van der Waals surface area (Å²) in [6.07, 6.45) is 4.76. The van der Waals surface area contributed by atoms with Crippen LogP contribution in [0, 0.1) is 6.92 Å². The lowest BCUT2D eigenvalue weighted by atomic mass is 10.1. The quantitative estimate of drug-likeness (QED) is 0.842. The van der Waals surface area contributed by atoms with Gasteiger partial charge in [-0.2, -0.15) is 5.10 Å². The van der Waals surface area contributed by atoms with Gasteiger partial charge in [-0.25, -0.2) is 0 Å². The first-order valence-electron chi connectivity index (χ1n) is 7.59. The van der Waals surface area contributed by atoms with E-state index in [1.165, 1.54) is 37.0 Å². The van der Waals surface area contributed by atoms with Crippen molar-refractivity contribution in [3.63, 3.8) is 0 Å². The van der Waals surface area contributed by atoms with Crippen molar-refractivity contribution in [2.24, 2.45) is 0 Å². The van der Waals surface area contributed by atoms with Crippen LogP contribution >= 0.6 is 0 Å². The third-order valence-corrected chi connectivity index (χ3v) is 4.43. The van der Waals surface area contributed by atoms with Crippen molar-refractivity contribution in [3.8, 4) is 0 Å². The van der Waals surface area contributed by atoms with Crippen LogP contribution in [0.1, 0.15) is 49.9 Å². The fourth-order valence-electron chi connectivity index (χ4n) is 3.16. The van der Waals surface area contributed by atoms with Crippen molar-refractivity contribution < 1.29 is 0 Å². The molecule has 4 heteroatoms. The molecule has 0 atom stereocenters. The van der Waals surface area contributed by atoms with Gasteiger partial charge < -0.3 is 9.47 Å². The van der Waals surface area contributed by atoms with Crippen molar-refractivity contribution >= 4 is 11.0 Å². The molecule has 3 heterocycles. The number of piperidine rings is 1. The molecule has 0 radical (unpaired) electrons. The van der Waals surface area contributed by atoms with Crippen molar-refractivity contribution in [2.75, 3.05) is 20.1 Å². The number of hydrogen-bond donors (Lipinski definition) is 0. The second-order valence-corrected chi connectivity index (χ2v) is 6.40. The molecule has 1 fully saturated rings. The molecule has 0 saturated carbocycles. The Hall–Kier alpha value is -1.42. The zero-order valence-corrected chi connectivity index (χ0v) is 12.9. The molecule has 0 bridgehead atoms. The molecule has 4 nitrogen and oxygen atoms in total. The summed E-state index contributed by atoms with van der Waals surface area (Å²) in [6.45, 7) is 8.84. The minimum Gasteiger partial charge on any atom is -0.343 e. The van der Waals surface area contributed by atoms with Gasteiger partial charge in [0.25, 0.3) is 0 Å². The van der Waals surface area contributed by atoms with Crippen LogP contribution in [0.5, 0.6) is 0 Å². The molecule has 1 aliphatic rings. The molecule has 0 N–H and O–H groups in total. The number of nitrogens with zero attached hydrogens (tertiary/aromatic N) is 4. The van der Waals surface area contributed by atoms with E-state index in [9.17, 15) is 0 Å². The van der Waals surface area contributed by atoms with Gasteiger partial charge in [-0.15, -0.1) is 5.10 Å². The molecule has 3 rings (SSSR count). The van der Waals surface area contributed by atoms with Crippen molar-refractivity contribution in [2.45, 2.75) is 45.6 Å². The molecule has 1 saturated heterocycles. The van der Waals surface area contributed by atoms with Crippen LogP contribution < -0.4 is 0 Å². The van der Waals surface area contributed by atoms with Gasteiger partial charge in [0, 0.05) is 17.8 Å². The predicted octanol–water partition coefficient (Wildman–Crippen LogP) is 3.13. The minimum absolute atomic E-state index is 0.488. The Labute approximate surface area is 120 Å². The molecule has 1 aliphatic heterocycles. The first-order valence-corrected chi connectivity index (χ1v) is 7.59. The smallest absolute Gasteiger partial charge is 0.114 e. The standard InChI is InChI=1S/C16H24N4/c1-11(2)14-10-20(13-5-7-19(4)8-6-13)15-9-12(3)17-18-16(14)15/h9-11,13H,5-8H2,1-4H3. The highest BCUT2D eigenvalue weighted by atomic mass is 15.2. The summed E-state index contributed by atoms with van der Waals surface area (Å²) in [5.74, 6) is 0.488. The van der Waals surface area contributed by atoms with Crippen LogP contribution in [-0.4, -0.2) is 39.8 Å². The summed E-state index contributed by atoms with van der Waals surface area (Å²) in [5.41, 5.74) is 4.67. The van der Waals surface area contributed by atoms with Gasteiger partial charge in [0.15, 0.2) is 0 Å². The number of aromatic nitrogens is 3. The Morgan fingerprint density at radius 1 is 1.20 bits per heavy atom. The van der Waals surface area contributed by atoms with Gasteiger partial charge in [0.2, 0.25) is 0 Å². The number of fused-ring (bicyclic) bond motifs is 1. The molecule has 0 aromatic carbocycles. The van der Waals surface area contributed by atoms with Crippen LogP contribution in [0.25, 0.3) is 11.0 Å². The maximum atomic E-state index is 4.45. The fourth-order valence-corrected chi connectivity index (χ4v) is 3.16. The SMILES string of the molecule is Cc1cc2c(nn1)c(C(C)C)cn2C1CCN(C)CC1. The number of hydrogen-bond acceptors (Lipinski definition) is 3. The van der Waals surface area contributed by atoms with Gasteiger partial charge in [-0.3, -0.25) is 0 Å². The third kappa shape index (κ3) is 2.33. The van der Waals surface area contributed by atoms with E-state index in [0.29, 0.717) is 12.0 Å². The average Bonchev–Trinajstić information content (AvgIpc) is 2.78. The molecule has 2 aromatic rings. The van der Waals surface area contributed by atoms with Gasteiger partial charge in [0.05, 0.1) is 11.2 Å². The Balaban J connectivity index is 2.07. The molecule has 0 spiro atoms. The zero-order valence-electron chi connectivity index (χ0n) is 12.9. The van der Waals surface area contributed by atoms with Crippen LogP contribution in [0.3, 0.4) is 0 Å². The van der Waals surface area contributed by atoms with Crippen molar-refractivity contribution in [1.29, 1.82) is 0 Å². The van der Waals surface area contributed by atoms with Gasteiger partial charge in [0.1, 0.15) is 5.52 Å². The lowest BCUT2D eigenvalue weighted by molar-refractivity contribution is 0.224. The average molecular weight is 272 g/mol. The molecule has 20 heavy (non-hydrogen) atoms. The summed E-state index contributed by atoms with van der Waals surface area (Å²) >= 11 is 0. The number of likely N-dealkylation sites (tertiary alicyclic amines) is 1. The van der Waals surface area contributed by atoms with E-state index >= 15 is 0 Å². The van der Waals surface area contributed by atoms with E-state index in [-0.39, 0.29) is 0 Å². The largest absolute Gasteiger partial charge is 0.343 e. The summed E-state index contributed by atoms with van der Waals surface area (Å²) in [6, 6.07) is 2.79. The lowest BCUT2D eigenvalue weighted by Gasteiger charge is -2.30. The van der Waals surface area contributed by atoms with E-state index in [1.54, 1.807) is 0 Å². The minimum atomic E-state index is 0.488. The van der Waals surface area contributed by atoms with E-state index in [1.807, 2.05) is 6.92 Å². The summed E-state index contributed by atoms with van der Waals surface area (Å²) in [4.78, 5) is 2.41. The Morgan fingerprint density at radius 2 is 1.90 bits per heavy atom. The van der Waals surface area contributed by atoms with Crippen molar-refractivity contribution in [3.05, 3.63) is 23.5 Å². The Bertz CT molecular complexity index is 606. The highest BCUT2D eigenvalue weighted by molar-refractivity contribution is 5.80. The molecule has 0 amide bonds. The molecule has 2 aromatic heterocycles. The van der Waals surface area contributed by atoms with Crippen LogP contribution in [-0.2, 0) is 0 Å². The van der Waals surface area contributed by atoms with Crippen molar-refractivity contribution in [1.82, 2.24) is 19.7 Å². The number of rotatable bonds is 2. The van der Waals surface area contributed by atoms with Crippen LogP contribution in [0.15, 0.2) is 12.3 Å². The van der Waals surface area contributed by atoms with Crippen LogP contribution in [0.2, 0.25) is 0 Å². The fraction of sp³-hybridized carbons (Fsp3) is 0.625. The molecule has 0 aliphatic carbocycles. The topological polar surface area (TPSA) is 34.0 Å². The van der Waals surface area contributed by atoms with Gasteiger partial charge in [-0.1, -0.05) is 13.8 Å². The van der Waals surface area contributed by atoms with E-state index in [0.717, 1.165) is 11.2 Å². The molecular formula is C16H24N4. The van der Waals surface area contributed by atoms with E-state index < -0.39 is 0 Å². The van der Waals surface area contributed by atoms with Gasteiger partial charge >= 0.3 is 0 Å². The first-order chi connectivity index (χ1) is 9.56. The monoisotopic (exact) mass is 272 g/mol. The maximum absolute atomic E-state index is 4.45. The highest BCUT2D eigenvalue weighted by Gasteiger charge is 2.22. The first kappa shape index (κ1) is 13.6. The second kappa shape index (κ2) is 5.17. The van der Waals surface area contributed by atoms with E-state index in [2.05, 4.69) is 52.8 Å². The summed E-state index contributed by atoms with van der Waals surface area (Å²) in [5, 5.41) is 8.70. The van der Waals surface area contributed by atoms with Gasteiger partial charge in [-0.05, 0) is 51.9 Å². The summed E-state index contributed by atoms with van der Waals surface area (Å²) < 4.78 is 2.46. The maximum Gasteiger partial charge on any atom is 0.114 e. The zero-order chi connectivity index (χ0) is 14.3. The molecular weight excluding hydrogens is 248 g/mol. The third-order valence-electron chi connectivity index (χ3n) is 4.43. The highest BCUT2D eigenvalue weighted by Crippen LogP contribution is 2.32. The Kier molecular flexibility index (Phi) is 3.50.